The van der Waals surface area contributed by atoms with E-state index in [1.165, 1.54) is 10.5 Å². The molecule has 0 saturated carbocycles. The summed E-state index contributed by atoms with van der Waals surface area (Å²) in [5.74, 6) is 0.807. The number of aliphatic hydroxyl groups is 1. The SMILES string of the molecule is CCC[NH+](Cc1ccccc1)C[C@@H](O)COc1ccccc1. The van der Waals surface area contributed by atoms with Crippen molar-refractivity contribution in [2.75, 3.05) is 19.7 Å². The smallest absolute Gasteiger partial charge is 0.137 e. The van der Waals surface area contributed by atoms with Crippen molar-refractivity contribution < 1.29 is 14.7 Å². The molecule has 3 nitrogen and oxygen atoms in total. The van der Waals surface area contributed by atoms with Crippen LogP contribution in [0.1, 0.15) is 18.9 Å². The van der Waals surface area contributed by atoms with Crippen molar-refractivity contribution in [3.63, 3.8) is 0 Å². The topological polar surface area (TPSA) is 33.9 Å². The van der Waals surface area contributed by atoms with E-state index in [9.17, 15) is 5.11 Å². The van der Waals surface area contributed by atoms with Crippen LogP contribution in [0.25, 0.3) is 0 Å². The van der Waals surface area contributed by atoms with E-state index >= 15 is 0 Å². The maximum Gasteiger partial charge on any atom is 0.137 e. The predicted octanol–water partition coefficient (Wildman–Crippen LogP) is 1.92. The summed E-state index contributed by atoms with van der Waals surface area (Å²) in [5, 5.41) is 10.2. The standard InChI is InChI=1S/C19H25NO2/c1-2-13-20(14-17-9-5-3-6-10-17)15-18(21)16-22-19-11-7-4-8-12-19/h3-12,18,21H,2,13-16H2,1H3/p+1/t18-/m1/s1. The highest BCUT2D eigenvalue weighted by Crippen LogP contribution is 2.08. The Labute approximate surface area is 133 Å². The number of aliphatic hydroxyl groups excluding tert-OH is 1. The Morgan fingerprint density at radius 2 is 1.64 bits per heavy atom. The Bertz CT molecular complexity index is 515. The van der Waals surface area contributed by atoms with Gasteiger partial charge < -0.3 is 14.7 Å². The molecule has 2 N–H and O–H groups in total. The van der Waals surface area contributed by atoms with Gasteiger partial charge in [0.25, 0.3) is 0 Å². The van der Waals surface area contributed by atoms with Crippen molar-refractivity contribution in [2.45, 2.75) is 26.0 Å². The molecule has 0 aromatic heterocycles. The van der Waals surface area contributed by atoms with E-state index in [0.29, 0.717) is 13.2 Å². The maximum atomic E-state index is 10.2. The first-order chi connectivity index (χ1) is 10.8. The monoisotopic (exact) mass is 300 g/mol. The summed E-state index contributed by atoms with van der Waals surface area (Å²) < 4.78 is 5.63. The van der Waals surface area contributed by atoms with Crippen LogP contribution in [-0.4, -0.2) is 30.9 Å². The third kappa shape index (κ3) is 5.88. The van der Waals surface area contributed by atoms with E-state index in [2.05, 4.69) is 31.2 Å². The molecule has 22 heavy (non-hydrogen) atoms. The average molecular weight is 300 g/mol. The lowest BCUT2D eigenvalue weighted by atomic mass is 10.2. The molecular formula is C19H26NO2+. The number of rotatable bonds is 9. The molecule has 0 fully saturated rings. The molecule has 0 heterocycles. The molecule has 0 aliphatic heterocycles. The van der Waals surface area contributed by atoms with Crippen LogP contribution in [0, 0.1) is 0 Å². The average Bonchev–Trinajstić information content (AvgIpc) is 2.55. The van der Waals surface area contributed by atoms with E-state index in [-0.39, 0.29) is 0 Å². The quantitative estimate of drug-likeness (QED) is 0.742. The van der Waals surface area contributed by atoms with Crippen LogP contribution in [0.5, 0.6) is 5.75 Å². The second kappa shape index (κ2) is 9.23. The summed E-state index contributed by atoms with van der Waals surface area (Å²) in [5.41, 5.74) is 1.31. The zero-order valence-electron chi connectivity index (χ0n) is 13.2. The Hall–Kier alpha value is -1.84. The van der Waals surface area contributed by atoms with E-state index in [0.717, 1.165) is 25.3 Å². The molecular weight excluding hydrogens is 274 g/mol. The van der Waals surface area contributed by atoms with Crippen LogP contribution in [0.2, 0.25) is 0 Å². The molecule has 0 amide bonds. The van der Waals surface area contributed by atoms with Crippen molar-refractivity contribution in [1.29, 1.82) is 0 Å². The zero-order chi connectivity index (χ0) is 15.6. The molecule has 0 radical (unpaired) electrons. The van der Waals surface area contributed by atoms with Gasteiger partial charge in [-0.2, -0.15) is 0 Å². The molecule has 2 atom stereocenters. The van der Waals surface area contributed by atoms with Gasteiger partial charge in [-0.15, -0.1) is 0 Å². The minimum Gasteiger partial charge on any atom is -0.491 e. The highest BCUT2D eigenvalue weighted by atomic mass is 16.5. The van der Waals surface area contributed by atoms with Crippen molar-refractivity contribution in [3.8, 4) is 5.75 Å². The number of benzene rings is 2. The van der Waals surface area contributed by atoms with Gasteiger partial charge in [0.1, 0.15) is 31.5 Å². The minimum atomic E-state index is -0.453. The fraction of sp³-hybridized carbons (Fsp3) is 0.368. The molecule has 2 aromatic rings. The number of hydrogen-bond donors (Lipinski definition) is 2. The fourth-order valence-electron chi connectivity index (χ4n) is 2.60. The summed E-state index contributed by atoms with van der Waals surface area (Å²) in [6, 6.07) is 20.1. The largest absolute Gasteiger partial charge is 0.491 e. The van der Waals surface area contributed by atoms with E-state index in [1.807, 2.05) is 36.4 Å². The van der Waals surface area contributed by atoms with Gasteiger partial charge in [0, 0.05) is 5.56 Å². The molecule has 2 rings (SSSR count). The van der Waals surface area contributed by atoms with Gasteiger partial charge in [-0.1, -0.05) is 55.5 Å². The molecule has 0 aliphatic rings. The first-order valence-corrected chi connectivity index (χ1v) is 8.01. The van der Waals surface area contributed by atoms with Gasteiger partial charge in [-0.05, 0) is 18.6 Å². The predicted molar refractivity (Wildman–Crippen MR) is 89.1 cm³/mol. The second-order valence-corrected chi connectivity index (χ2v) is 5.64. The first kappa shape index (κ1) is 16.5. The third-order valence-electron chi connectivity index (χ3n) is 3.61. The number of nitrogens with one attached hydrogen (secondary N) is 1. The Morgan fingerprint density at radius 1 is 1.00 bits per heavy atom. The minimum absolute atomic E-state index is 0.339. The van der Waals surface area contributed by atoms with Gasteiger partial charge in [-0.3, -0.25) is 0 Å². The molecule has 0 spiro atoms. The first-order valence-electron chi connectivity index (χ1n) is 8.01. The Kier molecular flexibility index (Phi) is 6.94. The van der Waals surface area contributed by atoms with E-state index in [1.54, 1.807) is 0 Å². The number of ether oxygens (including phenoxy) is 1. The Balaban J connectivity index is 1.81. The molecule has 118 valence electrons. The lowest BCUT2D eigenvalue weighted by Crippen LogP contribution is -3.12. The summed E-state index contributed by atoms with van der Waals surface area (Å²) in [7, 11) is 0. The number of quaternary nitrogens is 1. The lowest BCUT2D eigenvalue weighted by Gasteiger charge is -2.22. The fourth-order valence-corrected chi connectivity index (χ4v) is 2.60. The van der Waals surface area contributed by atoms with Gasteiger partial charge in [0.15, 0.2) is 0 Å². The molecule has 3 heteroatoms. The van der Waals surface area contributed by atoms with Crippen molar-refractivity contribution in [2.24, 2.45) is 0 Å². The summed E-state index contributed by atoms with van der Waals surface area (Å²) >= 11 is 0. The van der Waals surface area contributed by atoms with Crippen LogP contribution in [0.4, 0.5) is 0 Å². The van der Waals surface area contributed by atoms with Gasteiger partial charge in [0.05, 0.1) is 6.54 Å². The van der Waals surface area contributed by atoms with Crippen LogP contribution in [0.15, 0.2) is 60.7 Å². The van der Waals surface area contributed by atoms with Crippen LogP contribution >= 0.6 is 0 Å². The van der Waals surface area contributed by atoms with E-state index in [4.69, 9.17) is 4.74 Å². The Morgan fingerprint density at radius 3 is 2.27 bits per heavy atom. The van der Waals surface area contributed by atoms with Crippen molar-refractivity contribution >= 4 is 0 Å². The zero-order valence-corrected chi connectivity index (χ0v) is 13.2. The summed E-state index contributed by atoms with van der Waals surface area (Å²) in [6.45, 7) is 5.22. The lowest BCUT2D eigenvalue weighted by molar-refractivity contribution is -0.917. The highest BCUT2D eigenvalue weighted by molar-refractivity contribution is 5.20. The summed E-state index contributed by atoms with van der Waals surface area (Å²) in [6.07, 6.45) is 0.652. The van der Waals surface area contributed by atoms with Gasteiger partial charge in [-0.25, -0.2) is 0 Å². The van der Waals surface area contributed by atoms with Crippen LogP contribution in [0.3, 0.4) is 0 Å². The van der Waals surface area contributed by atoms with Gasteiger partial charge >= 0.3 is 0 Å². The third-order valence-corrected chi connectivity index (χ3v) is 3.61. The van der Waals surface area contributed by atoms with Crippen molar-refractivity contribution in [3.05, 3.63) is 66.2 Å². The highest BCUT2D eigenvalue weighted by Gasteiger charge is 2.15. The van der Waals surface area contributed by atoms with E-state index < -0.39 is 6.10 Å². The normalized spacial score (nSPS) is 13.5. The number of hydrogen-bond acceptors (Lipinski definition) is 2. The van der Waals surface area contributed by atoms with Gasteiger partial charge in [0.2, 0.25) is 0 Å². The molecule has 0 bridgehead atoms. The summed E-state index contributed by atoms with van der Waals surface area (Å²) in [4.78, 5) is 1.39. The molecule has 0 aliphatic carbocycles. The molecule has 1 unspecified atom stereocenters. The van der Waals surface area contributed by atoms with Crippen LogP contribution in [-0.2, 0) is 6.54 Å². The molecule has 0 saturated heterocycles. The number of para-hydroxylation sites is 1. The van der Waals surface area contributed by atoms with Crippen molar-refractivity contribution in [1.82, 2.24) is 0 Å². The van der Waals surface area contributed by atoms with Crippen LogP contribution < -0.4 is 9.64 Å². The maximum absolute atomic E-state index is 10.2. The molecule has 2 aromatic carbocycles. The second-order valence-electron chi connectivity index (χ2n) is 5.64.